The average molecular weight is 297 g/mol. The monoisotopic (exact) mass is 297 g/mol. The van der Waals surface area contributed by atoms with Gasteiger partial charge >= 0.3 is 0 Å². The van der Waals surface area contributed by atoms with Crippen LogP contribution in [-0.4, -0.2) is 59.9 Å². The minimum atomic E-state index is -0.335. The minimum absolute atomic E-state index is 0.00301. The van der Waals surface area contributed by atoms with Crippen molar-refractivity contribution in [3.63, 3.8) is 0 Å². The maximum absolute atomic E-state index is 12.4. The summed E-state index contributed by atoms with van der Waals surface area (Å²) < 4.78 is 0. The van der Waals surface area contributed by atoms with Gasteiger partial charge in [-0.15, -0.1) is 0 Å². The molecule has 2 atom stereocenters. The van der Waals surface area contributed by atoms with E-state index >= 15 is 0 Å². The van der Waals surface area contributed by atoms with E-state index in [2.05, 4.69) is 31.1 Å². The normalized spacial score (nSPS) is 23.1. The maximum atomic E-state index is 12.4. The Morgan fingerprint density at radius 2 is 1.86 bits per heavy atom. The van der Waals surface area contributed by atoms with Gasteiger partial charge in [0.25, 0.3) is 0 Å². The highest BCUT2D eigenvalue weighted by molar-refractivity contribution is 5.96. The molecule has 122 valence electrons. The molecule has 0 bridgehead atoms. The number of hydrogen-bond donors (Lipinski definition) is 1. The van der Waals surface area contributed by atoms with Crippen molar-refractivity contribution >= 4 is 11.8 Å². The third kappa shape index (κ3) is 4.70. The van der Waals surface area contributed by atoms with Crippen molar-refractivity contribution in [2.45, 2.75) is 71.5 Å². The molecule has 0 radical (unpaired) electrons. The molecule has 1 aliphatic heterocycles. The summed E-state index contributed by atoms with van der Waals surface area (Å²) in [6.45, 7) is 9.97. The van der Waals surface area contributed by atoms with Crippen molar-refractivity contribution < 1.29 is 9.59 Å². The first-order valence-electron chi connectivity index (χ1n) is 8.23. The first kappa shape index (κ1) is 18.0. The number of nitrogens with zero attached hydrogens (tertiary/aromatic N) is 2. The summed E-state index contributed by atoms with van der Waals surface area (Å²) in [5.41, 5.74) is 0. The number of carbonyl (C=O) groups excluding carboxylic acids is 2. The predicted octanol–water partition coefficient (Wildman–Crippen LogP) is 1.62. The lowest BCUT2D eigenvalue weighted by atomic mass is 10.0. The van der Waals surface area contributed by atoms with Crippen LogP contribution in [-0.2, 0) is 9.59 Å². The Labute approximate surface area is 129 Å². The molecule has 5 nitrogen and oxygen atoms in total. The van der Waals surface area contributed by atoms with Crippen LogP contribution in [0.5, 0.6) is 0 Å². The molecule has 1 N–H and O–H groups in total. The fourth-order valence-corrected chi connectivity index (χ4v) is 2.67. The zero-order valence-electron chi connectivity index (χ0n) is 14.2. The van der Waals surface area contributed by atoms with E-state index in [1.54, 1.807) is 4.90 Å². The second-order valence-electron chi connectivity index (χ2n) is 6.21. The molecule has 1 rings (SSSR count). The van der Waals surface area contributed by atoms with Gasteiger partial charge < -0.3 is 15.1 Å². The standard InChI is InChI=1S/C16H31N3O2/c1-6-13-16(21)19(14(7-2)15(20)17-13)11-9-8-10-18(5)12(3)4/h12-14H,6-11H2,1-5H3,(H,17,20). The Kier molecular flexibility index (Phi) is 7.15. The molecule has 0 saturated carbocycles. The fourth-order valence-electron chi connectivity index (χ4n) is 2.67. The molecule has 0 spiro atoms. The largest absolute Gasteiger partial charge is 0.343 e. The topological polar surface area (TPSA) is 52.7 Å². The molecular weight excluding hydrogens is 266 g/mol. The Bertz CT molecular complexity index is 357. The van der Waals surface area contributed by atoms with E-state index < -0.39 is 0 Å². The summed E-state index contributed by atoms with van der Waals surface area (Å²) in [5, 5.41) is 2.83. The zero-order valence-corrected chi connectivity index (χ0v) is 14.2. The Balaban J connectivity index is 2.52. The second-order valence-corrected chi connectivity index (χ2v) is 6.21. The highest BCUT2D eigenvalue weighted by atomic mass is 16.2. The Morgan fingerprint density at radius 3 is 2.38 bits per heavy atom. The van der Waals surface area contributed by atoms with Gasteiger partial charge in [0.05, 0.1) is 0 Å². The number of unbranched alkanes of at least 4 members (excludes halogenated alkanes) is 1. The van der Waals surface area contributed by atoms with Crippen molar-refractivity contribution in [3.05, 3.63) is 0 Å². The molecule has 0 aromatic carbocycles. The summed E-state index contributed by atoms with van der Waals surface area (Å²) >= 11 is 0. The van der Waals surface area contributed by atoms with Gasteiger partial charge in [-0.2, -0.15) is 0 Å². The van der Waals surface area contributed by atoms with Gasteiger partial charge in [0.2, 0.25) is 11.8 Å². The maximum Gasteiger partial charge on any atom is 0.245 e. The van der Waals surface area contributed by atoms with Gasteiger partial charge in [0.15, 0.2) is 0 Å². The minimum Gasteiger partial charge on any atom is -0.343 e. The van der Waals surface area contributed by atoms with E-state index in [0.29, 0.717) is 25.4 Å². The molecule has 2 unspecified atom stereocenters. The lowest BCUT2D eigenvalue weighted by Crippen LogP contribution is -2.63. The van der Waals surface area contributed by atoms with E-state index in [9.17, 15) is 9.59 Å². The first-order chi connectivity index (χ1) is 9.92. The zero-order chi connectivity index (χ0) is 16.0. The number of piperazine rings is 1. The van der Waals surface area contributed by atoms with Gasteiger partial charge in [-0.25, -0.2) is 0 Å². The third-order valence-corrected chi connectivity index (χ3v) is 4.41. The van der Waals surface area contributed by atoms with Gasteiger partial charge in [0.1, 0.15) is 12.1 Å². The molecule has 5 heteroatoms. The van der Waals surface area contributed by atoms with Crippen LogP contribution in [0.1, 0.15) is 53.4 Å². The highest BCUT2D eigenvalue weighted by Gasteiger charge is 2.38. The van der Waals surface area contributed by atoms with Crippen LogP contribution >= 0.6 is 0 Å². The SMILES string of the molecule is CCC1NC(=O)C(CC)N(CCCCN(C)C(C)C)C1=O. The average Bonchev–Trinajstić information content (AvgIpc) is 2.45. The molecule has 0 aliphatic carbocycles. The molecule has 0 aromatic rings. The summed E-state index contributed by atoms with van der Waals surface area (Å²) in [4.78, 5) is 28.6. The number of hydrogen-bond acceptors (Lipinski definition) is 3. The van der Waals surface area contributed by atoms with E-state index in [0.717, 1.165) is 19.4 Å². The molecule has 21 heavy (non-hydrogen) atoms. The lowest BCUT2D eigenvalue weighted by molar-refractivity contribution is -0.149. The van der Waals surface area contributed by atoms with Gasteiger partial charge in [-0.05, 0) is 53.1 Å². The predicted molar refractivity (Wildman–Crippen MR) is 85.0 cm³/mol. The quantitative estimate of drug-likeness (QED) is 0.693. The van der Waals surface area contributed by atoms with Gasteiger partial charge in [0, 0.05) is 12.6 Å². The summed E-state index contributed by atoms with van der Waals surface area (Å²) in [6.07, 6.45) is 3.34. The van der Waals surface area contributed by atoms with Gasteiger partial charge in [-0.3, -0.25) is 9.59 Å². The fraction of sp³-hybridized carbons (Fsp3) is 0.875. The highest BCUT2D eigenvalue weighted by Crippen LogP contribution is 2.16. The molecule has 0 aromatic heterocycles. The van der Waals surface area contributed by atoms with Crippen LogP contribution < -0.4 is 5.32 Å². The van der Waals surface area contributed by atoms with E-state index in [4.69, 9.17) is 0 Å². The lowest BCUT2D eigenvalue weighted by Gasteiger charge is -2.38. The first-order valence-corrected chi connectivity index (χ1v) is 8.23. The van der Waals surface area contributed by atoms with Crippen LogP contribution in [0.2, 0.25) is 0 Å². The number of nitrogens with one attached hydrogen (secondary N) is 1. The van der Waals surface area contributed by atoms with E-state index in [1.807, 2.05) is 13.8 Å². The molecule has 1 heterocycles. The van der Waals surface area contributed by atoms with E-state index in [-0.39, 0.29) is 23.9 Å². The van der Waals surface area contributed by atoms with Crippen molar-refractivity contribution in [1.29, 1.82) is 0 Å². The van der Waals surface area contributed by atoms with Crippen LogP contribution in [0.3, 0.4) is 0 Å². The third-order valence-electron chi connectivity index (χ3n) is 4.41. The van der Waals surface area contributed by atoms with Crippen molar-refractivity contribution in [3.8, 4) is 0 Å². The van der Waals surface area contributed by atoms with Crippen molar-refractivity contribution in [2.75, 3.05) is 20.1 Å². The summed E-state index contributed by atoms with van der Waals surface area (Å²) in [5.74, 6) is 0.0874. The second kappa shape index (κ2) is 8.37. The molecule has 1 fully saturated rings. The number of rotatable bonds is 8. The Morgan fingerprint density at radius 1 is 1.19 bits per heavy atom. The molecule has 1 saturated heterocycles. The number of amides is 2. The van der Waals surface area contributed by atoms with Crippen molar-refractivity contribution in [1.82, 2.24) is 15.1 Å². The van der Waals surface area contributed by atoms with Crippen molar-refractivity contribution in [2.24, 2.45) is 0 Å². The summed E-state index contributed by atoms with van der Waals surface area (Å²) in [6, 6.07) is -0.0815. The molecule has 2 amide bonds. The Hall–Kier alpha value is -1.10. The van der Waals surface area contributed by atoms with E-state index in [1.165, 1.54) is 0 Å². The van der Waals surface area contributed by atoms with Crippen LogP contribution in [0.4, 0.5) is 0 Å². The molecule has 1 aliphatic rings. The van der Waals surface area contributed by atoms with Gasteiger partial charge in [-0.1, -0.05) is 13.8 Å². The number of carbonyl (C=O) groups is 2. The van der Waals surface area contributed by atoms with Crippen LogP contribution in [0.15, 0.2) is 0 Å². The van der Waals surface area contributed by atoms with Crippen LogP contribution in [0, 0.1) is 0 Å². The van der Waals surface area contributed by atoms with Crippen LogP contribution in [0.25, 0.3) is 0 Å². The smallest absolute Gasteiger partial charge is 0.245 e. The summed E-state index contributed by atoms with van der Waals surface area (Å²) in [7, 11) is 2.12. The molecular formula is C16H31N3O2.